The van der Waals surface area contributed by atoms with Gasteiger partial charge in [0.1, 0.15) is 12.7 Å². The summed E-state index contributed by atoms with van der Waals surface area (Å²) in [6.45, 7) is 1.13. The molecule has 0 aliphatic carbocycles. The lowest BCUT2D eigenvalue weighted by atomic mass is 10.1. The van der Waals surface area contributed by atoms with Crippen molar-refractivity contribution in [3.63, 3.8) is 0 Å². The van der Waals surface area contributed by atoms with Crippen molar-refractivity contribution in [2.75, 3.05) is 26.4 Å². The Hall–Kier alpha value is -3.00. The molecule has 0 saturated heterocycles. The lowest BCUT2D eigenvalue weighted by Gasteiger charge is -2.20. The van der Waals surface area contributed by atoms with Crippen LogP contribution in [0.15, 0.2) is 97.2 Å². The minimum absolute atomic E-state index is 0.0263. The average Bonchev–Trinajstić information content (AvgIpc) is 3.22. The molecule has 62 heavy (non-hydrogen) atoms. The lowest BCUT2D eigenvalue weighted by molar-refractivity contribution is -0.161. The Bertz CT molecular complexity index is 1480. The fourth-order valence-corrected chi connectivity index (χ4v) is 6.27. The Morgan fingerprint density at radius 1 is 0.516 bits per heavy atom. The molecule has 1 unspecified atom stereocenters. The smallest absolute Gasteiger partial charge is 0.462 e. The van der Waals surface area contributed by atoms with Gasteiger partial charge in [-0.2, -0.15) is 0 Å². The molecular formula is C46H76O14P2. The number of carbonyl (C=O) groups is 2. The Balaban J connectivity index is 4.72. The second-order valence-corrected chi connectivity index (χ2v) is 17.2. The molecule has 0 aromatic rings. The lowest BCUT2D eigenvalue weighted by Crippen LogP contribution is -2.29. The summed E-state index contributed by atoms with van der Waals surface area (Å²) in [6.07, 6.45) is 45.4. The van der Waals surface area contributed by atoms with E-state index < -0.39 is 66.2 Å². The van der Waals surface area contributed by atoms with Gasteiger partial charge in [0.15, 0.2) is 6.10 Å². The van der Waals surface area contributed by atoms with Crippen LogP contribution in [0.2, 0.25) is 0 Å². The van der Waals surface area contributed by atoms with Gasteiger partial charge in [0, 0.05) is 12.8 Å². The molecule has 0 bridgehead atoms. The van der Waals surface area contributed by atoms with Crippen LogP contribution < -0.4 is 0 Å². The number of hydrogen-bond donors (Lipinski definition) is 5. The molecule has 0 amide bonds. The highest BCUT2D eigenvalue weighted by atomic mass is 31.2. The number of phosphoric acid groups is 2. The van der Waals surface area contributed by atoms with Crippen LogP contribution in [-0.4, -0.2) is 81.6 Å². The molecule has 0 aliphatic heterocycles. The number of rotatable bonds is 40. The maximum atomic E-state index is 12.6. The Morgan fingerprint density at radius 3 is 1.37 bits per heavy atom. The predicted octanol–water partition coefficient (Wildman–Crippen LogP) is 10.3. The van der Waals surface area contributed by atoms with Gasteiger partial charge in [-0.05, 0) is 103 Å². The van der Waals surface area contributed by atoms with Crippen molar-refractivity contribution >= 4 is 27.6 Å². The van der Waals surface area contributed by atoms with Gasteiger partial charge in [-0.3, -0.25) is 23.2 Å². The number of esters is 2. The van der Waals surface area contributed by atoms with E-state index >= 15 is 0 Å². The van der Waals surface area contributed by atoms with Crippen LogP contribution in [0.4, 0.5) is 0 Å². The normalized spacial score (nSPS) is 15.4. The minimum Gasteiger partial charge on any atom is -0.462 e. The summed E-state index contributed by atoms with van der Waals surface area (Å²) in [6, 6.07) is 0. The first-order valence-corrected chi connectivity index (χ1v) is 25.0. The summed E-state index contributed by atoms with van der Waals surface area (Å²) >= 11 is 0. The van der Waals surface area contributed by atoms with Gasteiger partial charge in [-0.15, -0.1) is 0 Å². The highest BCUT2D eigenvalue weighted by molar-refractivity contribution is 7.47. The monoisotopic (exact) mass is 914 g/mol. The zero-order chi connectivity index (χ0) is 46.0. The van der Waals surface area contributed by atoms with Crippen LogP contribution in [0.3, 0.4) is 0 Å². The SMILES string of the molecule is CCCCC/C=C\C/C=C\C/C=C\C/C=C\CCCC(=O)OC[C@H](COP(=O)(O)OC[C@@H](O)COP(=O)(O)O)OC(=O)CCC/C=C\C/C=C\C/C=C\C/C=C\CCC[C@H](C)O. The molecule has 4 atom stereocenters. The third-order valence-corrected chi connectivity index (χ3v) is 9.89. The van der Waals surface area contributed by atoms with Gasteiger partial charge in [0.05, 0.1) is 25.9 Å². The van der Waals surface area contributed by atoms with Crippen molar-refractivity contribution in [1.29, 1.82) is 0 Å². The van der Waals surface area contributed by atoms with Crippen LogP contribution in [-0.2, 0) is 41.8 Å². The van der Waals surface area contributed by atoms with Gasteiger partial charge in [-0.25, -0.2) is 9.13 Å². The molecule has 0 saturated carbocycles. The van der Waals surface area contributed by atoms with Gasteiger partial charge in [-0.1, -0.05) is 117 Å². The van der Waals surface area contributed by atoms with E-state index in [2.05, 4.69) is 88.9 Å². The van der Waals surface area contributed by atoms with E-state index in [0.717, 1.165) is 64.2 Å². The van der Waals surface area contributed by atoms with Crippen molar-refractivity contribution in [1.82, 2.24) is 0 Å². The van der Waals surface area contributed by atoms with Crippen LogP contribution in [0.1, 0.15) is 136 Å². The second-order valence-electron chi connectivity index (χ2n) is 14.5. The highest BCUT2D eigenvalue weighted by Crippen LogP contribution is 2.43. The Kier molecular flexibility index (Phi) is 38.8. The van der Waals surface area contributed by atoms with E-state index in [9.17, 15) is 33.8 Å². The molecule has 0 fully saturated rings. The number of aliphatic hydroxyl groups excluding tert-OH is 2. The summed E-state index contributed by atoms with van der Waals surface area (Å²) < 4.78 is 47.6. The van der Waals surface area contributed by atoms with Crippen molar-refractivity contribution < 1.29 is 66.7 Å². The van der Waals surface area contributed by atoms with Gasteiger partial charge in [0.25, 0.3) is 0 Å². The first-order chi connectivity index (χ1) is 29.7. The fourth-order valence-electron chi connectivity index (χ4n) is 5.11. The summed E-state index contributed by atoms with van der Waals surface area (Å²) in [7, 11) is -9.73. The first kappa shape index (κ1) is 59.0. The molecule has 0 radical (unpaired) electrons. The van der Waals surface area contributed by atoms with Gasteiger partial charge >= 0.3 is 27.6 Å². The summed E-state index contributed by atoms with van der Waals surface area (Å²) in [4.78, 5) is 52.7. The molecular weight excluding hydrogens is 838 g/mol. The first-order valence-electron chi connectivity index (χ1n) is 22.0. The maximum Gasteiger partial charge on any atom is 0.472 e. The van der Waals surface area contributed by atoms with E-state index in [1.54, 1.807) is 6.92 Å². The van der Waals surface area contributed by atoms with E-state index in [0.29, 0.717) is 25.7 Å². The number of allylic oxidation sites excluding steroid dienone is 16. The van der Waals surface area contributed by atoms with E-state index in [1.165, 1.54) is 19.3 Å². The minimum atomic E-state index is -4.88. The largest absolute Gasteiger partial charge is 0.472 e. The third kappa shape index (κ3) is 45.0. The van der Waals surface area contributed by atoms with Gasteiger partial charge in [0.2, 0.25) is 0 Å². The van der Waals surface area contributed by atoms with E-state index in [-0.39, 0.29) is 18.9 Å². The van der Waals surface area contributed by atoms with Crippen LogP contribution in [0.25, 0.3) is 0 Å². The topological polar surface area (TPSA) is 216 Å². The van der Waals surface area contributed by atoms with Gasteiger partial charge < -0.3 is 34.4 Å². The Morgan fingerprint density at radius 2 is 0.919 bits per heavy atom. The van der Waals surface area contributed by atoms with Crippen molar-refractivity contribution in [2.45, 2.75) is 154 Å². The maximum absolute atomic E-state index is 12.6. The number of ether oxygens (including phenoxy) is 2. The molecule has 0 heterocycles. The van der Waals surface area contributed by atoms with Crippen LogP contribution >= 0.6 is 15.6 Å². The predicted molar refractivity (Wildman–Crippen MR) is 245 cm³/mol. The average molecular weight is 915 g/mol. The van der Waals surface area contributed by atoms with Crippen molar-refractivity contribution in [3.8, 4) is 0 Å². The standard InChI is InChI=1S/C46H76O14P2/c1-3-4-5-6-7-8-9-10-11-12-15-18-21-24-27-30-33-36-45(49)56-40-44(41-59-62(54,55)58-39-43(48)38-57-61(51,52)53)60-46(50)37-34-31-28-25-22-19-16-13-14-17-20-23-26-29-32-35-42(2)47/h7-8,10-11,14-19,23-28,42-44,47-48H,3-6,9,12-13,20-22,29-41H2,1-2H3,(H,54,55)(H2,51,52,53)/b8-7-,11-10-,17-14-,18-15-,19-16-,26-23-,27-24-,28-25-/t42-,43-,44+/m0/s1. The number of phosphoric ester groups is 2. The second kappa shape index (κ2) is 40.8. The van der Waals surface area contributed by atoms with Crippen LogP contribution in [0, 0.1) is 0 Å². The molecule has 0 aliphatic rings. The molecule has 5 N–H and O–H groups in total. The van der Waals surface area contributed by atoms with Crippen molar-refractivity contribution in [2.24, 2.45) is 0 Å². The molecule has 0 spiro atoms. The summed E-state index contributed by atoms with van der Waals surface area (Å²) in [5, 5.41) is 19.0. The number of hydrogen-bond acceptors (Lipinski definition) is 11. The van der Waals surface area contributed by atoms with E-state index in [1.807, 2.05) is 24.3 Å². The zero-order valence-corrected chi connectivity index (χ0v) is 38.8. The molecule has 14 nitrogen and oxygen atoms in total. The molecule has 0 rings (SSSR count). The number of aliphatic hydroxyl groups is 2. The van der Waals surface area contributed by atoms with E-state index in [4.69, 9.17) is 23.8 Å². The van der Waals surface area contributed by atoms with Crippen LogP contribution in [0.5, 0.6) is 0 Å². The molecule has 16 heteroatoms. The molecule has 0 aromatic heterocycles. The van der Waals surface area contributed by atoms with Crippen molar-refractivity contribution in [3.05, 3.63) is 97.2 Å². The summed E-state index contributed by atoms with van der Waals surface area (Å²) in [5.74, 6) is -1.19. The quantitative estimate of drug-likeness (QED) is 0.0167. The summed E-state index contributed by atoms with van der Waals surface area (Å²) in [5.41, 5.74) is 0. The number of unbranched alkanes of at least 4 members (excludes halogenated alkanes) is 6. The zero-order valence-electron chi connectivity index (χ0n) is 37.0. The Labute approximate surface area is 371 Å². The fraction of sp³-hybridized carbons (Fsp3) is 0.609. The number of carbonyl (C=O) groups excluding carboxylic acids is 2. The highest BCUT2D eigenvalue weighted by Gasteiger charge is 2.28. The molecule has 0 aromatic carbocycles. The molecule has 354 valence electrons. The third-order valence-electron chi connectivity index (χ3n) is 8.45.